The van der Waals surface area contributed by atoms with Gasteiger partial charge in [0, 0.05) is 6.54 Å². The van der Waals surface area contributed by atoms with E-state index in [1.54, 1.807) is 0 Å². The zero-order chi connectivity index (χ0) is 9.52. The Labute approximate surface area is 82.6 Å². The lowest BCUT2D eigenvalue weighted by Crippen LogP contribution is -2.20. The Morgan fingerprint density at radius 3 is 2.62 bits per heavy atom. The van der Waals surface area contributed by atoms with Gasteiger partial charge in [-0.25, -0.2) is 0 Å². The van der Waals surface area contributed by atoms with Crippen LogP contribution in [0.3, 0.4) is 0 Å². The first kappa shape index (κ1) is 10.8. The lowest BCUT2D eigenvalue weighted by molar-refractivity contribution is 0.335. The van der Waals surface area contributed by atoms with Crippen LogP contribution in [0.5, 0.6) is 0 Å². The molecule has 1 aliphatic rings. The fraction of sp³-hybridized carbons (Fsp3) is 0.833. The van der Waals surface area contributed by atoms with Crippen molar-refractivity contribution in [1.29, 1.82) is 0 Å². The van der Waals surface area contributed by atoms with Crippen LogP contribution in [0.2, 0.25) is 0 Å². The summed E-state index contributed by atoms with van der Waals surface area (Å²) in [4.78, 5) is 0. The summed E-state index contributed by atoms with van der Waals surface area (Å²) in [5.41, 5.74) is 1.24. The molecule has 76 valence electrons. The molecule has 0 aromatic rings. The maximum Gasteiger partial charge on any atom is 0.0159 e. The number of rotatable bonds is 5. The van der Waals surface area contributed by atoms with Gasteiger partial charge < -0.3 is 5.32 Å². The van der Waals surface area contributed by atoms with Crippen LogP contribution < -0.4 is 5.32 Å². The molecule has 1 saturated carbocycles. The highest BCUT2D eigenvalue weighted by atomic mass is 14.8. The highest BCUT2D eigenvalue weighted by Crippen LogP contribution is 2.25. The standard InChI is InChI=1S/C12H23N/c1-11(2)10-13-9-8-12-6-4-3-5-7-12/h12-13H,1,3-10H2,2H3. The van der Waals surface area contributed by atoms with Crippen molar-refractivity contribution in [2.75, 3.05) is 13.1 Å². The smallest absolute Gasteiger partial charge is 0.0159 e. The van der Waals surface area contributed by atoms with Crippen molar-refractivity contribution in [1.82, 2.24) is 5.32 Å². The molecule has 1 fully saturated rings. The summed E-state index contributed by atoms with van der Waals surface area (Å²) in [5.74, 6) is 1.01. The molecular weight excluding hydrogens is 158 g/mol. The Bertz CT molecular complexity index is 145. The summed E-state index contributed by atoms with van der Waals surface area (Å²) in [7, 11) is 0. The quantitative estimate of drug-likeness (QED) is 0.507. The topological polar surface area (TPSA) is 12.0 Å². The molecule has 0 saturated heterocycles. The van der Waals surface area contributed by atoms with E-state index in [9.17, 15) is 0 Å². The van der Waals surface area contributed by atoms with Gasteiger partial charge in [0.05, 0.1) is 0 Å². The van der Waals surface area contributed by atoms with Crippen molar-refractivity contribution in [3.05, 3.63) is 12.2 Å². The molecule has 0 bridgehead atoms. The first-order valence-electron chi connectivity index (χ1n) is 5.64. The van der Waals surface area contributed by atoms with Gasteiger partial charge in [0.1, 0.15) is 0 Å². The number of nitrogens with one attached hydrogen (secondary N) is 1. The predicted octanol–water partition coefficient (Wildman–Crippen LogP) is 3.12. The Morgan fingerprint density at radius 1 is 1.31 bits per heavy atom. The number of hydrogen-bond acceptors (Lipinski definition) is 1. The Hall–Kier alpha value is -0.300. The molecule has 0 radical (unpaired) electrons. The fourth-order valence-electron chi connectivity index (χ4n) is 2.08. The molecule has 0 aromatic heterocycles. The van der Waals surface area contributed by atoms with Crippen LogP contribution in [-0.2, 0) is 0 Å². The molecule has 1 nitrogen and oxygen atoms in total. The lowest BCUT2D eigenvalue weighted by atomic mass is 9.87. The maximum absolute atomic E-state index is 3.88. The second kappa shape index (κ2) is 6.20. The monoisotopic (exact) mass is 181 g/mol. The SMILES string of the molecule is C=C(C)CNCCC1CCCCC1. The lowest BCUT2D eigenvalue weighted by Gasteiger charge is -2.21. The summed E-state index contributed by atoms with van der Waals surface area (Å²) in [6, 6.07) is 0. The zero-order valence-corrected chi connectivity index (χ0v) is 8.94. The Kier molecular flexibility index (Phi) is 5.14. The molecule has 0 aliphatic heterocycles. The Balaban J connectivity index is 1.95. The molecule has 0 unspecified atom stereocenters. The molecule has 0 spiro atoms. The number of hydrogen-bond donors (Lipinski definition) is 1. The molecule has 13 heavy (non-hydrogen) atoms. The molecular formula is C12H23N. The minimum atomic E-state index is 0.993. The third kappa shape index (κ3) is 5.09. The molecule has 0 heterocycles. The molecule has 1 heteroatoms. The minimum Gasteiger partial charge on any atom is -0.313 e. The van der Waals surface area contributed by atoms with Crippen LogP contribution in [0.1, 0.15) is 45.4 Å². The van der Waals surface area contributed by atoms with Crippen molar-refractivity contribution < 1.29 is 0 Å². The van der Waals surface area contributed by atoms with Crippen LogP contribution >= 0.6 is 0 Å². The first-order valence-corrected chi connectivity index (χ1v) is 5.64. The summed E-state index contributed by atoms with van der Waals surface area (Å²) in [6.45, 7) is 8.12. The van der Waals surface area contributed by atoms with E-state index in [4.69, 9.17) is 0 Å². The summed E-state index contributed by atoms with van der Waals surface area (Å²) in [5, 5.41) is 3.43. The Morgan fingerprint density at radius 2 is 2.00 bits per heavy atom. The van der Waals surface area contributed by atoms with Crippen molar-refractivity contribution in [3.63, 3.8) is 0 Å². The van der Waals surface area contributed by atoms with E-state index in [2.05, 4.69) is 18.8 Å². The van der Waals surface area contributed by atoms with Crippen molar-refractivity contribution >= 4 is 0 Å². The average Bonchev–Trinajstić information content (AvgIpc) is 2.14. The largest absolute Gasteiger partial charge is 0.313 e. The van der Waals surface area contributed by atoms with Crippen LogP contribution in [0.25, 0.3) is 0 Å². The van der Waals surface area contributed by atoms with Gasteiger partial charge in [-0.15, -0.1) is 0 Å². The van der Waals surface area contributed by atoms with Gasteiger partial charge in [-0.2, -0.15) is 0 Å². The van der Waals surface area contributed by atoms with E-state index in [0.717, 1.165) is 12.5 Å². The third-order valence-corrected chi connectivity index (χ3v) is 2.88. The van der Waals surface area contributed by atoms with E-state index >= 15 is 0 Å². The van der Waals surface area contributed by atoms with Gasteiger partial charge in [-0.05, 0) is 25.8 Å². The van der Waals surface area contributed by atoms with Crippen LogP contribution in [-0.4, -0.2) is 13.1 Å². The molecule has 0 aromatic carbocycles. The molecule has 0 amide bonds. The molecule has 1 aliphatic carbocycles. The zero-order valence-electron chi connectivity index (χ0n) is 8.94. The van der Waals surface area contributed by atoms with Crippen LogP contribution in [0, 0.1) is 5.92 Å². The highest BCUT2D eigenvalue weighted by Gasteiger charge is 2.12. The molecule has 1 rings (SSSR count). The maximum atomic E-state index is 3.88. The van der Waals surface area contributed by atoms with Gasteiger partial charge in [-0.3, -0.25) is 0 Å². The molecule has 1 N–H and O–H groups in total. The average molecular weight is 181 g/mol. The summed E-state index contributed by atoms with van der Waals surface area (Å²) >= 11 is 0. The first-order chi connectivity index (χ1) is 6.29. The van der Waals surface area contributed by atoms with E-state index in [-0.39, 0.29) is 0 Å². The van der Waals surface area contributed by atoms with E-state index in [1.165, 1.54) is 50.6 Å². The van der Waals surface area contributed by atoms with Gasteiger partial charge in [-0.1, -0.05) is 44.3 Å². The summed E-state index contributed by atoms with van der Waals surface area (Å²) < 4.78 is 0. The second-order valence-corrected chi connectivity index (χ2v) is 4.43. The normalized spacial score (nSPS) is 18.8. The van der Waals surface area contributed by atoms with E-state index in [1.807, 2.05) is 0 Å². The van der Waals surface area contributed by atoms with Gasteiger partial charge >= 0.3 is 0 Å². The predicted molar refractivity (Wildman–Crippen MR) is 58.9 cm³/mol. The third-order valence-electron chi connectivity index (χ3n) is 2.88. The van der Waals surface area contributed by atoms with Crippen molar-refractivity contribution in [3.8, 4) is 0 Å². The summed E-state index contributed by atoms with van der Waals surface area (Å²) in [6.07, 6.45) is 8.70. The van der Waals surface area contributed by atoms with Gasteiger partial charge in [0.15, 0.2) is 0 Å². The van der Waals surface area contributed by atoms with Crippen LogP contribution in [0.15, 0.2) is 12.2 Å². The van der Waals surface area contributed by atoms with E-state index in [0.29, 0.717) is 0 Å². The fourth-order valence-corrected chi connectivity index (χ4v) is 2.08. The van der Waals surface area contributed by atoms with Crippen molar-refractivity contribution in [2.24, 2.45) is 5.92 Å². The highest BCUT2D eigenvalue weighted by molar-refractivity contribution is 4.90. The van der Waals surface area contributed by atoms with Crippen molar-refractivity contribution in [2.45, 2.75) is 45.4 Å². The minimum absolute atomic E-state index is 0.993. The second-order valence-electron chi connectivity index (χ2n) is 4.43. The van der Waals surface area contributed by atoms with Gasteiger partial charge in [0.25, 0.3) is 0 Å². The van der Waals surface area contributed by atoms with Crippen LogP contribution in [0.4, 0.5) is 0 Å². The van der Waals surface area contributed by atoms with E-state index < -0.39 is 0 Å². The molecule has 0 atom stereocenters. The van der Waals surface area contributed by atoms with Gasteiger partial charge in [0.2, 0.25) is 0 Å².